The lowest BCUT2D eigenvalue weighted by Gasteiger charge is -2.22. The van der Waals surface area contributed by atoms with E-state index in [1.807, 2.05) is 12.5 Å². The zero-order chi connectivity index (χ0) is 11.6. The molecule has 0 fully saturated rings. The minimum atomic E-state index is -1.45. The van der Waals surface area contributed by atoms with Gasteiger partial charge in [-0.1, -0.05) is 5.11 Å². The van der Waals surface area contributed by atoms with Gasteiger partial charge in [0.1, 0.15) is 0 Å². The van der Waals surface area contributed by atoms with Crippen LogP contribution in [0.2, 0.25) is 0 Å². The second-order valence-corrected chi connectivity index (χ2v) is 6.73. The van der Waals surface area contributed by atoms with Gasteiger partial charge in [0.05, 0.1) is 26.4 Å². The fourth-order valence-electron chi connectivity index (χ4n) is 0.735. The van der Waals surface area contributed by atoms with Crippen LogP contribution < -0.4 is 0 Å². The number of hydrogen-bond acceptors (Lipinski definition) is 4. The van der Waals surface area contributed by atoms with Crippen LogP contribution in [-0.2, 0) is 9.47 Å². The van der Waals surface area contributed by atoms with Crippen molar-refractivity contribution in [2.45, 2.75) is 0 Å². The Hall–Kier alpha value is -0.110. The van der Waals surface area contributed by atoms with E-state index in [4.69, 9.17) is 15.0 Å². The molecule has 1 N–H and O–H groups in total. The molecular weight excluding hydrogens is 250 g/mol. The van der Waals surface area contributed by atoms with Crippen LogP contribution in [0.15, 0.2) is 5.11 Å². The zero-order valence-electron chi connectivity index (χ0n) is 9.76. The summed E-state index contributed by atoms with van der Waals surface area (Å²) in [4.78, 5) is 2.60. The van der Waals surface area contributed by atoms with E-state index < -0.39 is 10.3 Å². The molecule has 0 spiro atoms. The van der Waals surface area contributed by atoms with Gasteiger partial charge in [-0.05, 0) is 18.0 Å². The van der Waals surface area contributed by atoms with E-state index in [2.05, 4.69) is 10.0 Å². The van der Waals surface area contributed by atoms with Gasteiger partial charge in [0, 0.05) is 17.2 Å². The zero-order valence-corrected chi connectivity index (χ0v) is 11.6. The molecule has 0 aromatic heterocycles. The average molecular weight is 271 g/mol. The topological polar surface area (TPSA) is 87.5 Å². The van der Waals surface area contributed by atoms with Gasteiger partial charge in [0.2, 0.25) is 0 Å². The molecule has 0 aromatic carbocycles. The van der Waals surface area contributed by atoms with E-state index in [1.165, 1.54) is 0 Å². The SMILES string of the molecule is CS(C)(O)CCOCCOCCN=[N+]=[N-].S. The Morgan fingerprint density at radius 3 is 2.25 bits per heavy atom. The molecule has 0 unspecified atom stereocenters. The molecule has 16 heavy (non-hydrogen) atoms. The normalized spacial score (nSPS) is 11.4. The molecule has 98 valence electrons. The maximum absolute atomic E-state index is 9.44. The van der Waals surface area contributed by atoms with Gasteiger partial charge in [-0.15, -0.1) is 10.3 Å². The Kier molecular flexibility index (Phi) is 13.0. The number of nitrogens with zero attached hydrogens (tertiary/aromatic N) is 3. The summed E-state index contributed by atoms with van der Waals surface area (Å²) in [6, 6.07) is 0. The summed E-state index contributed by atoms with van der Waals surface area (Å²) in [7, 11) is -1.45. The van der Waals surface area contributed by atoms with E-state index in [1.54, 1.807) is 0 Å². The first-order valence-electron chi connectivity index (χ1n) is 4.66. The second-order valence-electron chi connectivity index (χ2n) is 3.36. The van der Waals surface area contributed by atoms with E-state index in [9.17, 15) is 4.55 Å². The highest BCUT2D eigenvalue weighted by Crippen LogP contribution is 2.32. The molecule has 6 nitrogen and oxygen atoms in total. The molecule has 8 heteroatoms. The van der Waals surface area contributed by atoms with Crippen LogP contribution in [0.5, 0.6) is 0 Å². The average Bonchev–Trinajstić information content (AvgIpc) is 2.14. The van der Waals surface area contributed by atoms with Crippen molar-refractivity contribution in [3.05, 3.63) is 10.4 Å². The molecular formula is C8H21N3O3S2. The maximum Gasteiger partial charge on any atom is 0.0700 e. The molecule has 0 radical (unpaired) electrons. The minimum Gasteiger partial charge on any atom is -0.379 e. The molecule has 0 atom stereocenters. The van der Waals surface area contributed by atoms with Crippen LogP contribution in [0.3, 0.4) is 0 Å². The highest BCUT2D eigenvalue weighted by Gasteiger charge is 2.04. The Balaban J connectivity index is 0. The first kappa shape index (κ1) is 18.3. The lowest BCUT2D eigenvalue weighted by molar-refractivity contribution is 0.0567. The number of rotatable bonds is 9. The highest BCUT2D eigenvalue weighted by atomic mass is 32.3. The van der Waals surface area contributed by atoms with Crippen LogP contribution in [0, 0.1) is 0 Å². The highest BCUT2D eigenvalue weighted by molar-refractivity contribution is 8.28. The quantitative estimate of drug-likeness (QED) is 0.301. The summed E-state index contributed by atoms with van der Waals surface area (Å²) in [5, 5.41) is 3.32. The molecule has 0 saturated heterocycles. The van der Waals surface area contributed by atoms with Gasteiger partial charge < -0.3 is 14.0 Å². The van der Waals surface area contributed by atoms with Crippen molar-refractivity contribution in [2.24, 2.45) is 5.11 Å². The lowest BCUT2D eigenvalue weighted by atomic mass is 10.7. The molecule has 0 heterocycles. The van der Waals surface area contributed by atoms with E-state index in [-0.39, 0.29) is 13.5 Å². The summed E-state index contributed by atoms with van der Waals surface area (Å²) in [6.45, 7) is 2.32. The molecule has 0 aliphatic carbocycles. The van der Waals surface area contributed by atoms with Gasteiger partial charge in [0.25, 0.3) is 0 Å². The van der Waals surface area contributed by atoms with Crippen LogP contribution in [-0.4, -0.2) is 55.8 Å². The van der Waals surface area contributed by atoms with Crippen LogP contribution >= 0.6 is 23.8 Å². The predicted octanol–water partition coefficient (Wildman–Crippen LogP) is 1.98. The van der Waals surface area contributed by atoms with Gasteiger partial charge in [-0.3, -0.25) is 0 Å². The summed E-state index contributed by atoms with van der Waals surface area (Å²) in [5.74, 6) is 0.686. The van der Waals surface area contributed by atoms with E-state index in [0.29, 0.717) is 38.7 Å². The van der Waals surface area contributed by atoms with Crippen molar-refractivity contribution in [1.29, 1.82) is 0 Å². The molecule has 0 amide bonds. The van der Waals surface area contributed by atoms with Crippen molar-refractivity contribution < 1.29 is 14.0 Å². The van der Waals surface area contributed by atoms with Gasteiger partial charge in [-0.2, -0.15) is 13.5 Å². The third-order valence-corrected chi connectivity index (χ3v) is 2.66. The smallest absolute Gasteiger partial charge is 0.0700 e. The first-order valence-corrected chi connectivity index (χ1v) is 7.23. The monoisotopic (exact) mass is 271 g/mol. The molecule has 0 saturated carbocycles. The summed E-state index contributed by atoms with van der Waals surface area (Å²) in [5.41, 5.74) is 7.97. The maximum atomic E-state index is 9.44. The third-order valence-electron chi connectivity index (χ3n) is 1.50. The van der Waals surface area contributed by atoms with Crippen molar-refractivity contribution in [2.75, 3.05) is 51.2 Å². The van der Waals surface area contributed by atoms with Crippen molar-refractivity contribution in [3.63, 3.8) is 0 Å². The summed E-state index contributed by atoms with van der Waals surface area (Å²) >= 11 is 0. The van der Waals surface area contributed by atoms with Crippen molar-refractivity contribution in [1.82, 2.24) is 0 Å². The number of hydrogen-bond donors (Lipinski definition) is 1. The molecule has 0 aliphatic heterocycles. The van der Waals surface area contributed by atoms with E-state index >= 15 is 0 Å². The van der Waals surface area contributed by atoms with Crippen molar-refractivity contribution >= 4 is 23.8 Å². The summed E-state index contributed by atoms with van der Waals surface area (Å²) < 4.78 is 19.8. The first-order chi connectivity index (χ1) is 7.06. The molecule has 0 aliphatic rings. The van der Waals surface area contributed by atoms with Gasteiger partial charge in [0.15, 0.2) is 0 Å². The summed E-state index contributed by atoms with van der Waals surface area (Å²) in [6.07, 6.45) is 3.65. The molecule has 0 rings (SSSR count). The molecule has 0 aromatic rings. The Bertz CT molecular complexity index is 205. The van der Waals surface area contributed by atoms with Gasteiger partial charge in [-0.25, -0.2) is 0 Å². The Labute approximate surface area is 105 Å². The fraction of sp³-hybridized carbons (Fsp3) is 1.00. The van der Waals surface area contributed by atoms with Crippen LogP contribution in [0.4, 0.5) is 0 Å². The Morgan fingerprint density at radius 2 is 1.75 bits per heavy atom. The standard InChI is InChI=1S/C8H19N3O3S.H2S/c1-15(2,12)8-7-14-6-5-13-4-3-10-11-9;/h12H,3-8H2,1-2H3;1H2. The minimum absolute atomic E-state index is 0. The van der Waals surface area contributed by atoms with Crippen LogP contribution in [0.25, 0.3) is 10.4 Å². The van der Waals surface area contributed by atoms with E-state index in [0.717, 1.165) is 0 Å². The Morgan fingerprint density at radius 1 is 1.19 bits per heavy atom. The fourth-order valence-corrected chi connectivity index (χ4v) is 1.26. The lowest BCUT2D eigenvalue weighted by Crippen LogP contribution is -2.11. The predicted molar refractivity (Wildman–Crippen MR) is 73.0 cm³/mol. The number of ether oxygens (including phenoxy) is 2. The van der Waals surface area contributed by atoms with Crippen LogP contribution in [0.1, 0.15) is 0 Å². The van der Waals surface area contributed by atoms with Crippen molar-refractivity contribution in [3.8, 4) is 0 Å². The second kappa shape index (κ2) is 11.4. The largest absolute Gasteiger partial charge is 0.379 e. The third kappa shape index (κ3) is 16.3. The molecule has 0 bridgehead atoms. The van der Waals surface area contributed by atoms with Gasteiger partial charge >= 0.3 is 0 Å². The number of azide groups is 1.